The van der Waals surface area contributed by atoms with Gasteiger partial charge in [0, 0.05) is 19.2 Å². The molecule has 5 nitrogen and oxygen atoms in total. The van der Waals surface area contributed by atoms with E-state index in [0.29, 0.717) is 11.5 Å². The van der Waals surface area contributed by atoms with Gasteiger partial charge in [0.05, 0.1) is 0 Å². The van der Waals surface area contributed by atoms with Crippen LogP contribution in [0.4, 0.5) is 5.82 Å². The average Bonchev–Trinajstić information content (AvgIpc) is 2.74. The molecule has 19 heavy (non-hydrogen) atoms. The standard InChI is InChI=1S/C14H16N4O/c15-13-9-12(16-17-13)14(19)18-7-5-10-3-1-2-4-11(10)6-8-18/h1-4,9H,5-8H2,(H3,15,16,17). The van der Waals surface area contributed by atoms with Gasteiger partial charge in [-0.3, -0.25) is 9.89 Å². The number of nitrogen functional groups attached to an aromatic ring is 1. The molecule has 1 aromatic heterocycles. The Morgan fingerprint density at radius 3 is 2.37 bits per heavy atom. The highest BCUT2D eigenvalue weighted by Crippen LogP contribution is 2.17. The zero-order valence-electron chi connectivity index (χ0n) is 10.6. The Morgan fingerprint density at radius 1 is 1.21 bits per heavy atom. The first-order chi connectivity index (χ1) is 9.24. The smallest absolute Gasteiger partial charge is 0.271 e. The van der Waals surface area contributed by atoms with Gasteiger partial charge in [0.1, 0.15) is 11.5 Å². The van der Waals surface area contributed by atoms with Gasteiger partial charge in [-0.15, -0.1) is 0 Å². The quantitative estimate of drug-likeness (QED) is 0.806. The van der Waals surface area contributed by atoms with E-state index in [1.54, 1.807) is 6.07 Å². The summed E-state index contributed by atoms with van der Waals surface area (Å²) in [5.41, 5.74) is 8.66. The van der Waals surface area contributed by atoms with Crippen molar-refractivity contribution in [2.45, 2.75) is 12.8 Å². The number of anilines is 1. The molecule has 0 aliphatic carbocycles. The lowest BCUT2D eigenvalue weighted by atomic mass is 10.0. The molecule has 0 saturated heterocycles. The van der Waals surface area contributed by atoms with Crippen LogP contribution in [0.5, 0.6) is 0 Å². The normalized spacial score (nSPS) is 14.8. The number of carbonyl (C=O) groups is 1. The van der Waals surface area contributed by atoms with Crippen molar-refractivity contribution >= 4 is 11.7 Å². The number of nitrogens with zero attached hydrogens (tertiary/aromatic N) is 2. The van der Waals surface area contributed by atoms with Gasteiger partial charge in [-0.25, -0.2) is 0 Å². The van der Waals surface area contributed by atoms with E-state index in [0.717, 1.165) is 25.9 Å². The van der Waals surface area contributed by atoms with E-state index in [4.69, 9.17) is 5.73 Å². The zero-order valence-corrected chi connectivity index (χ0v) is 10.6. The summed E-state index contributed by atoms with van der Waals surface area (Å²) in [6, 6.07) is 9.95. The van der Waals surface area contributed by atoms with Gasteiger partial charge >= 0.3 is 0 Å². The van der Waals surface area contributed by atoms with E-state index >= 15 is 0 Å². The van der Waals surface area contributed by atoms with E-state index < -0.39 is 0 Å². The molecular weight excluding hydrogens is 240 g/mol. The number of benzene rings is 1. The van der Waals surface area contributed by atoms with Gasteiger partial charge in [-0.05, 0) is 24.0 Å². The monoisotopic (exact) mass is 256 g/mol. The second kappa shape index (κ2) is 4.76. The fourth-order valence-corrected chi connectivity index (χ4v) is 2.49. The molecule has 3 N–H and O–H groups in total. The van der Waals surface area contributed by atoms with Gasteiger partial charge in [-0.2, -0.15) is 5.10 Å². The van der Waals surface area contributed by atoms with E-state index in [-0.39, 0.29) is 5.91 Å². The van der Waals surface area contributed by atoms with Crippen LogP contribution in [0, 0.1) is 0 Å². The summed E-state index contributed by atoms with van der Waals surface area (Å²) in [5.74, 6) is 0.318. The van der Waals surface area contributed by atoms with Gasteiger partial charge in [0.15, 0.2) is 0 Å². The second-order valence-electron chi connectivity index (χ2n) is 4.77. The highest BCUT2D eigenvalue weighted by molar-refractivity contribution is 5.93. The molecule has 0 atom stereocenters. The van der Waals surface area contributed by atoms with Gasteiger partial charge < -0.3 is 10.6 Å². The number of H-pyrrole nitrogens is 1. The number of nitrogens with two attached hydrogens (primary N) is 1. The molecule has 3 rings (SSSR count). The number of rotatable bonds is 1. The molecule has 0 radical (unpaired) electrons. The number of aromatic amines is 1. The third-order valence-electron chi connectivity index (χ3n) is 3.54. The lowest BCUT2D eigenvalue weighted by Gasteiger charge is -2.19. The molecule has 0 fully saturated rings. The molecule has 1 aromatic carbocycles. The van der Waals surface area contributed by atoms with Crippen LogP contribution >= 0.6 is 0 Å². The predicted molar refractivity (Wildman–Crippen MR) is 72.8 cm³/mol. The Balaban J connectivity index is 1.77. The van der Waals surface area contributed by atoms with Gasteiger partial charge in [0.2, 0.25) is 0 Å². The van der Waals surface area contributed by atoms with Crippen molar-refractivity contribution < 1.29 is 4.79 Å². The molecule has 1 aliphatic heterocycles. The molecule has 0 unspecified atom stereocenters. The van der Waals surface area contributed by atoms with E-state index in [9.17, 15) is 4.79 Å². The molecule has 5 heteroatoms. The largest absolute Gasteiger partial charge is 0.382 e. The number of carbonyl (C=O) groups excluding carboxylic acids is 1. The third kappa shape index (κ3) is 2.31. The Bertz CT molecular complexity index is 578. The molecule has 2 heterocycles. The summed E-state index contributed by atoms with van der Waals surface area (Å²) in [7, 11) is 0. The fraction of sp³-hybridized carbons (Fsp3) is 0.286. The Hall–Kier alpha value is -2.30. The molecule has 1 amide bonds. The molecule has 0 spiro atoms. The Morgan fingerprint density at radius 2 is 1.84 bits per heavy atom. The topological polar surface area (TPSA) is 75.0 Å². The zero-order chi connectivity index (χ0) is 13.2. The van der Waals surface area contributed by atoms with Crippen molar-refractivity contribution in [2.24, 2.45) is 0 Å². The maximum Gasteiger partial charge on any atom is 0.271 e. The van der Waals surface area contributed by atoms with Gasteiger partial charge in [0.25, 0.3) is 5.91 Å². The van der Waals surface area contributed by atoms with Crippen molar-refractivity contribution in [2.75, 3.05) is 18.8 Å². The van der Waals surface area contributed by atoms with Crippen LogP contribution in [0.3, 0.4) is 0 Å². The summed E-state index contributed by atoms with van der Waals surface area (Å²) in [6.07, 6.45) is 1.79. The highest BCUT2D eigenvalue weighted by atomic mass is 16.2. The summed E-state index contributed by atoms with van der Waals surface area (Å²) >= 11 is 0. The number of hydrogen-bond acceptors (Lipinski definition) is 3. The second-order valence-corrected chi connectivity index (χ2v) is 4.77. The predicted octanol–water partition coefficient (Wildman–Crippen LogP) is 1.23. The maximum atomic E-state index is 12.3. The number of fused-ring (bicyclic) bond motifs is 1. The minimum Gasteiger partial charge on any atom is -0.382 e. The minimum absolute atomic E-state index is 0.0305. The molecule has 2 aromatic rings. The first-order valence-electron chi connectivity index (χ1n) is 6.41. The summed E-state index contributed by atoms with van der Waals surface area (Å²) in [4.78, 5) is 14.2. The first kappa shape index (κ1) is 11.8. The van der Waals surface area contributed by atoms with Crippen molar-refractivity contribution in [3.05, 3.63) is 47.2 Å². The van der Waals surface area contributed by atoms with E-state index in [2.05, 4.69) is 22.3 Å². The van der Waals surface area contributed by atoms with Crippen molar-refractivity contribution in [3.63, 3.8) is 0 Å². The van der Waals surface area contributed by atoms with Crippen LogP contribution in [0.15, 0.2) is 30.3 Å². The number of nitrogens with one attached hydrogen (secondary N) is 1. The molecule has 0 saturated carbocycles. The highest BCUT2D eigenvalue weighted by Gasteiger charge is 2.20. The van der Waals surface area contributed by atoms with Crippen molar-refractivity contribution in [1.82, 2.24) is 15.1 Å². The summed E-state index contributed by atoms with van der Waals surface area (Å²) < 4.78 is 0. The number of aromatic nitrogens is 2. The fourth-order valence-electron chi connectivity index (χ4n) is 2.49. The molecule has 1 aliphatic rings. The third-order valence-corrected chi connectivity index (χ3v) is 3.54. The number of amides is 1. The van der Waals surface area contributed by atoms with Gasteiger partial charge in [-0.1, -0.05) is 24.3 Å². The maximum absolute atomic E-state index is 12.3. The lowest BCUT2D eigenvalue weighted by molar-refractivity contribution is 0.0757. The van der Waals surface area contributed by atoms with Crippen molar-refractivity contribution in [3.8, 4) is 0 Å². The molecule has 0 bridgehead atoms. The molecule has 98 valence electrons. The molecular formula is C14H16N4O. The van der Waals surface area contributed by atoms with Crippen LogP contribution < -0.4 is 5.73 Å². The average molecular weight is 256 g/mol. The van der Waals surface area contributed by atoms with Crippen LogP contribution in [0.25, 0.3) is 0 Å². The first-order valence-corrected chi connectivity index (χ1v) is 6.41. The van der Waals surface area contributed by atoms with Crippen molar-refractivity contribution in [1.29, 1.82) is 0 Å². The van der Waals surface area contributed by atoms with E-state index in [1.165, 1.54) is 11.1 Å². The summed E-state index contributed by atoms with van der Waals surface area (Å²) in [6.45, 7) is 1.46. The van der Waals surface area contributed by atoms with Crippen LogP contribution in [0.1, 0.15) is 21.6 Å². The van der Waals surface area contributed by atoms with Crippen LogP contribution in [-0.4, -0.2) is 34.1 Å². The Kier molecular flexibility index (Phi) is 2.95. The SMILES string of the molecule is Nc1cc(C(=O)N2CCc3ccccc3CC2)[nH]n1. The van der Waals surface area contributed by atoms with Crippen LogP contribution in [0.2, 0.25) is 0 Å². The van der Waals surface area contributed by atoms with E-state index in [1.807, 2.05) is 17.0 Å². The lowest BCUT2D eigenvalue weighted by Crippen LogP contribution is -2.33. The van der Waals surface area contributed by atoms with Crippen LogP contribution in [-0.2, 0) is 12.8 Å². The summed E-state index contributed by atoms with van der Waals surface area (Å²) in [5, 5.41) is 6.48. The number of hydrogen-bond donors (Lipinski definition) is 2. The minimum atomic E-state index is -0.0305. The Labute approximate surface area is 111 Å².